The van der Waals surface area contributed by atoms with Crippen molar-refractivity contribution >= 4 is 0 Å². The van der Waals surface area contributed by atoms with Crippen molar-refractivity contribution in [1.82, 2.24) is 10.2 Å². The summed E-state index contributed by atoms with van der Waals surface area (Å²) < 4.78 is 5.14. The first-order chi connectivity index (χ1) is 5.81. The second kappa shape index (κ2) is 8.54. The van der Waals surface area contributed by atoms with E-state index in [1.54, 1.807) is 0 Å². The van der Waals surface area contributed by atoms with E-state index in [-0.39, 0.29) is 0 Å². The smallest absolute Gasteiger partial charge is 0.107 e. The van der Waals surface area contributed by atoms with Gasteiger partial charge in [0.2, 0.25) is 0 Å². The van der Waals surface area contributed by atoms with Crippen LogP contribution in [-0.4, -0.2) is 51.8 Å². The number of terminal acetylenes is 1. The summed E-state index contributed by atoms with van der Waals surface area (Å²) in [6.07, 6.45) is 5.03. The molecular weight excluding hydrogens is 152 g/mol. The molecule has 0 aliphatic carbocycles. The third-order valence-electron chi connectivity index (χ3n) is 1.55. The normalized spacial score (nSPS) is 10.2. The molecule has 0 aromatic carbocycles. The first-order valence-corrected chi connectivity index (χ1v) is 4.15. The van der Waals surface area contributed by atoms with Crippen molar-refractivity contribution in [2.45, 2.75) is 0 Å². The molecule has 0 fully saturated rings. The third-order valence-corrected chi connectivity index (χ3v) is 1.55. The molecule has 12 heavy (non-hydrogen) atoms. The van der Waals surface area contributed by atoms with Crippen LogP contribution in [0.1, 0.15) is 0 Å². The van der Waals surface area contributed by atoms with E-state index in [2.05, 4.69) is 23.2 Å². The second-order valence-electron chi connectivity index (χ2n) is 2.66. The van der Waals surface area contributed by atoms with Crippen LogP contribution in [0.15, 0.2) is 0 Å². The number of nitrogens with one attached hydrogen (secondary N) is 1. The van der Waals surface area contributed by atoms with Crippen molar-refractivity contribution in [3.8, 4) is 12.3 Å². The molecule has 1 N–H and O–H groups in total. The van der Waals surface area contributed by atoms with Gasteiger partial charge in [-0.15, -0.1) is 6.42 Å². The monoisotopic (exact) mass is 170 g/mol. The fraction of sp³-hybridized carbons (Fsp3) is 0.778. The van der Waals surface area contributed by atoms with E-state index in [0.717, 1.165) is 19.6 Å². The highest BCUT2D eigenvalue weighted by Crippen LogP contribution is 1.81. The Labute approximate surface area is 75.1 Å². The van der Waals surface area contributed by atoms with Crippen LogP contribution in [-0.2, 0) is 4.74 Å². The molecule has 0 aromatic heterocycles. The van der Waals surface area contributed by atoms with E-state index in [1.165, 1.54) is 0 Å². The summed E-state index contributed by atoms with van der Waals surface area (Å²) in [6, 6.07) is 0. The van der Waals surface area contributed by atoms with Gasteiger partial charge in [0, 0.05) is 19.6 Å². The largest absolute Gasteiger partial charge is 0.367 e. The minimum atomic E-state index is 0.417. The van der Waals surface area contributed by atoms with Crippen molar-refractivity contribution in [2.24, 2.45) is 0 Å². The topological polar surface area (TPSA) is 24.5 Å². The highest BCUT2D eigenvalue weighted by molar-refractivity contribution is 4.82. The molecule has 0 radical (unpaired) electrons. The summed E-state index contributed by atoms with van der Waals surface area (Å²) in [5.41, 5.74) is 0. The maximum atomic E-state index is 5.14. The standard InChI is InChI=1S/C9H18N2O/c1-4-8-12-9-7-11(3)6-5-10-2/h1,10H,5-9H2,2-3H3. The summed E-state index contributed by atoms with van der Waals surface area (Å²) in [6.45, 7) is 4.11. The zero-order chi connectivity index (χ0) is 9.23. The minimum absolute atomic E-state index is 0.417. The van der Waals surface area contributed by atoms with Crippen LogP contribution >= 0.6 is 0 Å². The van der Waals surface area contributed by atoms with Crippen molar-refractivity contribution in [3.05, 3.63) is 0 Å². The fourth-order valence-corrected chi connectivity index (χ4v) is 0.766. The Bertz CT molecular complexity index is 131. The second-order valence-corrected chi connectivity index (χ2v) is 2.66. The van der Waals surface area contributed by atoms with Gasteiger partial charge in [-0.1, -0.05) is 5.92 Å². The van der Waals surface area contributed by atoms with Crippen molar-refractivity contribution in [3.63, 3.8) is 0 Å². The third kappa shape index (κ3) is 7.55. The fourth-order valence-electron chi connectivity index (χ4n) is 0.766. The van der Waals surface area contributed by atoms with Crippen LogP contribution in [0.25, 0.3) is 0 Å². The van der Waals surface area contributed by atoms with Crippen molar-refractivity contribution in [2.75, 3.05) is 46.9 Å². The number of hydrogen-bond acceptors (Lipinski definition) is 3. The molecule has 0 spiro atoms. The summed E-state index contributed by atoms with van der Waals surface area (Å²) in [7, 11) is 4.01. The Balaban J connectivity index is 3.09. The lowest BCUT2D eigenvalue weighted by atomic mass is 10.5. The maximum Gasteiger partial charge on any atom is 0.107 e. The van der Waals surface area contributed by atoms with Gasteiger partial charge in [0.05, 0.1) is 6.61 Å². The van der Waals surface area contributed by atoms with E-state index >= 15 is 0 Å². The molecule has 0 bridgehead atoms. The van der Waals surface area contributed by atoms with E-state index < -0.39 is 0 Å². The number of nitrogens with zero attached hydrogens (tertiary/aromatic N) is 1. The molecule has 0 rings (SSSR count). The van der Waals surface area contributed by atoms with Crippen LogP contribution in [0.5, 0.6) is 0 Å². The zero-order valence-corrected chi connectivity index (χ0v) is 7.97. The van der Waals surface area contributed by atoms with Crippen LogP contribution in [0.4, 0.5) is 0 Å². The number of rotatable bonds is 7. The summed E-state index contributed by atoms with van der Waals surface area (Å²) in [5, 5.41) is 3.09. The molecule has 0 aliphatic rings. The molecule has 3 nitrogen and oxygen atoms in total. The highest BCUT2D eigenvalue weighted by atomic mass is 16.5. The molecule has 0 atom stereocenters. The number of ether oxygens (including phenoxy) is 1. The first kappa shape index (κ1) is 11.4. The van der Waals surface area contributed by atoms with Gasteiger partial charge < -0.3 is 15.0 Å². The van der Waals surface area contributed by atoms with Gasteiger partial charge in [-0.3, -0.25) is 0 Å². The molecule has 0 heterocycles. The van der Waals surface area contributed by atoms with Gasteiger partial charge in [0.15, 0.2) is 0 Å². The van der Waals surface area contributed by atoms with Gasteiger partial charge in [-0.05, 0) is 14.1 Å². The zero-order valence-electron chi connectivity index (χ0n) is 7.97. The quantitative estimate of drug-likeness (QED) is 0.422. The Morgan fingerprint density at radius 1 is 1.50 bits per heavy atom. The minimum Gasteiger partial charge on any atom is -0.367 e. The molecule has 0 amide bonds. The molecular formula is C9H18N2O. The average Bonchev–Trinajstić information content (AvgIpc) is 2.09. The van der Waals surface area contributed by atoms with Crippen LogP contribution in [0.3, 0.4) is 0 Å². The molecule has 0 unspecified atom stereocenters. The van der Waals surface area contributed by atoms with Crippen molar-refractivity contribution < 1.29 is 4.74 Å². The Hall–Kier alpha value is -0.560. The predicted octanol–water partition coefficient (Wildman–Crippen LogP) is -0.213. The van der Waals surface area contributed by atoms with Gasteiger partial charge in [-0.2, -0.15) is 0 Å². The Kier molecular flexibility index (Phi) is 8.14. The van der Waals surface area contributed by atoms with Crippen molar-refractivity contribution in [1.29, 1.82) is 0 Å². The molecule has 0 saturated carbocycles. The van der Waals surface area contributed by atoms with Crippen LogP contribution < -0.4 is 5.32 Å². The lowest BCUT2D eigenvalue weighted by Crippen LogP contribution is -2.30. The maximum absolute atomic E-state index is 5.14. The van der Waals surface area contributed by atoms with E-state index in [4.69, 9.17) is 11.2 Å². The molecule has 0 aliphatic heterocycles. The molecule has 3 heteroatoms. The van der Waals surface area contributed by atoms with E-state index in [1.807, 2.05) is 7.05 Å². The van der Waals surface area contributed by atoms with Gasteiger partial charge >= 0.3 is 0 Å². The molecule has 70 valence electrons. The highest BCUT2D eigenvalue weighted by Gasteiger charge is 1.95. The summed E-state index contributed by atoms with van der Waals surface area (Å²) >= 11 is 0. The average molecular weight is 170 g/mol. The summed E-state index contributed by atoms with van der Waals surface area (Å²) in [4.78, 5) is 2.20. The van der Waals surface area contributed by atoms with Gasteiger partial charge in [0.1, 0.15) is 6.61 Å². The van der Waals surface area contributed by atoms with Gasteiger partial charge in [-0.25, -0.2) is 0 Å². The predicted molar refractivity (Wildman–Crippen MR) is 51.1 cm³/mol. The lowest BCUT2D eigenvalue weighted by Gasteiger charge is -2.15. The van der Waals surface area contributed by atoms with Crippen LogP contribution in [0, 0.1) is 12.3 Å². The number of likely N-dealkylation sites (N-methyl/N-ethyl adjacent to an activating group) is 2. The van der Waals surface area contributed by atoms with E-state index in [0.29, 0.717) is 13.2 Å². The molecule has 0 saturated heterocycles. The Morgan fingerprint density at radius 2 is 2.25 bits per heavy atom. The van der Waals surface area contributed by atoms with Gasteiger partial charge in [0.25, 0.3) is 0 Å². The lowest BCUT2D eigenvalue weighted by molar-refractivity contribution is 0.138. The SMILES string of the molecule is C#CCOCCN(C)CCNC. The summed E-state index contributed by atoms with van der Waals surface area (Å²) in [5.74, 6) is 2.43. The number of hydrogen-bond donors (Lipinski definition) is 1. The molecule has 0 aromatic rings. The van der Waals surface area contributed by atoms with Crippen LogP contribution in [0.2, 0.25) is 0 Å². The van der Waals surface area contributed by atoms with E-state index in [9.17, 15) is 0 Å². The Morgan fingerprint density at radius 3 is 2.83 bits per heavy atom. The first-order valence-electron chi connectivity index (χ1n) is 4.15.